The number of amides is 2. The van der Waals surface area contributed by atoms with Gasteiger partial charge >= 0.3 is 6.03 Å². The Labute approximate surface area is 45.4 Å². The number of aliphatic imine (C=N–C) groups is 1. The number of nitrogens with one attached hydrogen (secondary N) is 2. The van der Waals surface area contributed by atoms with Gasteiger partial charge in [0, 0.05) is 0 Å². The molecule has 2 amide bonds. The molecule has 0 saturated carbocycles. The van der Waals surface area contributed by atoms with Gasteiger partial charge in [-0.2, -0.15) is 0 Å². The summed E-state index contributed by atoms with van der Waals surface area (Å²) in [4.78, 5) is 13.6. The van der Waals surface area contributed by atoms with E-state index in [0.29, 0.717) is 0 Å². The number of carbonyl (C=O) groups is 1. The first-order valence-corrected chi connectivity index (χ1v) is 2.06. The predicted molar refractivity (Wildman–Crippen MR) is 26.2 cm³/mol. The van der Waals surface area contributed by atoms with Crippen LogP contribution in [0.1, 0.15) is 0 Å². The first-order chi connectivity index (χ1) is 3.79. The minimum absolute atomic E-state index is 0.437. The molecule has 5 heteroatoms. The quantitative estimate of drug-likeness (QED) is 0.363. The highest BCUT2D eigenvalue weighted by molar-refractivity contribution is 5.87. The third kappa shape index (κ3) is 0.941. The monoisotopic (exact) mass is 115 g/mol. The lowest BCUT2D eigenvalue weighted by Crippen LogP contribution is -2.45. The van der Waals surface area contributed by atoms with Crippen molar-refractivity contribution in [1.29, 1.82) is 0 Å². The van der Waals surface area contributed by atoms with Crippen LogP contribution in [0, 0.1) is 0 Å². The second-order valence-electron chi connectivity index (χ2n) is 1.27. The van der Waals surface area contributed by atoms with E-state index in [2.05, 4.69) is 15.6 Å². The summed E-state index contributed by atoms with van der Waals surface area (Å²) in [6.45, 7) is 0. The van der Waals surface area contributed by atoms with Gasteiger partial charge in [-0.15, -0.1) is 0 Å². The maximum absolute atomic E-state index is 10.2. The van der Waals surface area contributed by atoms with Gasteiger partial charge in [-0.25, -0.2) is 9.79 Å². The zero-order chi connectivity index (χ0) is 5.98. The molecule has 0 spiro atoms. The number of nitrogens with zero attached hydrogens (tertiary/aromatic N) is 1. The van der Waals surface area contributed by atoms with Crippen LogP contribution in [0.15, 0.2) is 4.99 Å². The van der Waals surface area contributed by atoms with Crippen molar-refractivity contribution in [1.82, 2.24) is 10.6 Å². The van der Waals surface area contributed by atoms with E-state index in [9.17, 15) is 4.79 Å². The lowest BCUT2D eigenvalue weighted by molar-refractivity contribution is 0.146. The fraction of sp³-hybridized carbons (Fsp3) is 0.333. The van der Waals surface area contributed by atoms with Gasteiger partial charge in [-0.1, -0.05) is 0 Å². The van der Waals surface area contributed by atoms with Crippen LogP contribution in [-0.2, 0) is 0 Å². The summed E-state index contributed by atoms with van der Waals surface area (Å²) >= 11 is 0. The lowest BCUT2D eigenvalue weighted by atomic mass is 10.8. The van der Waals surface area contributed by atoms with Gasteiger partial charge in [0.05, 0.1) is 6.34 Å². The number of hydrogen-bond acceptors (Lipinski definition) is 3. The van der Waals surface area contributed by atoms with Crippen LogP contribution in [0.3, 0.4) is 0 Å². The molecule has 1 aliphatic rings. The number of aliphatic hydroxyl groups is 1. The minimum Gasteiger partial charge on any atom is -0.355 e. The third-order valence-corrected chi connectivity index (χ3v) is 0.672. The molecule has 0 bridgehead atoms. The van der Waals surface area contributed by atoms with Crippen molar-refractivity contribution in [2.75, 3.05) is 0 Å². The maximum Gasteiger partial charge on any atom is 0.323 e. The molecule has 5 nitrogen and oxygen atoms in total. The summed E-state index contributed by atoms with van der Waals surface area (Å²) in [5.74, 6) is 0. The number of urea groups is 1. The Morgan fingerprint density at radius 3 is 3.00 bits per heavy atom. The molecule has 1 heterocycles. The van der Waals surface area contributed by atoms with E-state index in [1.807, 2.05) is 0 Å². The molecular formula is C3H5N3O2. The van der Waals surface area contributed by atoms with Crippen LogP contribution in [0.2, 0.25) is 0 Å². The molecule has 44 valence electrons. The van der Waals surface area contributed by atoms with E-state index in [4.69, 9.17) is 5.11 Å². The van der Waals surface area contributed by atoms with Crippen molar-refractivity contribution in [3.63, 3.8) is 0 Å². The summed E-state index contributed by atoms with van der Waals surface area (Å²) < 4.78 is 0. The fourth-order valence-corrected chi connectivity index (χ4v) is 0.363. The topological polar surface area (TPSA) is 73.7 Å². The van der Waals surface area contributed by atoms with Gasteiger partial charge in [0.1, 0.15) is 0 Å². The summed E-state index contributed by atoms with van der Waals surface area (Å²) in [5, 5.41) is 12.8. The number of carbonyl (C=O) groups excluding carboxylic acids is 1. The fourth-order valence-electron chi connectivity index (χ4n) is 0.363. The molecule has 3 N–H and O–H groups in total. The molecule has 1 aliphatic heterocycles. The smallest absolute Gasteiger partial charge is 0.323 e. The van der Waals surface area contributed by atoms with Crippen LogP contribution in [-0.4, -0.2) is 23.8 Å². The van der Waals surface area contributed by atoms with Crippen LogP contribution in [0.25, 0.3) is 0 Å². The molecule has 0 radical (unpaired) electrons. The summed E-state index contributed by atoms with van der Waals surface area (Å²) in [7, 11) is 0. The normalized spacial score (nSPS) is 26.6. The standard InChI is InChI=1S/C3H5N3O2/c7-2-4-1-5-3(8)6-2/h1-2,7H,(H2,4,5,6,8). The van der Waals surface area contributed by atoms with Crippen LogP contribution < -0.4 is 10.6 Å². The summed E-state index contributed by atoms with van der Waals surface area (Å²) in [5.41, 5.74) is 0. The maximum atomic E-state index is 10.2. The highest BCUT2D eigenvalue weighted by atomic mass is 16.3. The Hall–Kier alpha value is -1.10. The molecule has 0 aliphatic carbocycles. The Morgan fingerprint density at radius 2 is 2.62 bits per heavy atom. The van der Waals surface area contributed by atoms with Crippen molar-refractivity contribution in [2.24, 2.45) is 4.99 Å². The Balaban J connectivity index is 2.54. The predicted octanol–water partition coefficient (Wildman–Crippen LogP) is -1.40. The van der Waals surface area contributed by atoms with E-state index < -0.39 is 12.4 Å². The summed E-state index contributed by atoms with van der Waals surface area (Å²) in [6.07, 6.45) is 0.0625. The number of hydrogen-bond donors (Lipinski definition) is 3. The Kier molecular flexibility index (Phi) is 1.13. The average molecular weight is 115 g/mol. The van der Waals surface area contributed by atoms with Crippen molar-refractivity contribution >= 4 is 12.4 Å². The second-order valence-corrected chi connectivity index (χ2v) is 1.27. The van der Waals surface area contributed by atoms with Crippen molar-refractivity contribution in [3.05, 3.63) is 0 Å². The number of rotatable bonds is 0. The summed E-state index contributed by atoms with van der Waals surface area (Å²) in [6, 6.07) is -0.437. The first kappa shape index (κ1) is 5.04. The van der Waals surface area contributed by atoms with Crippen molar-refractivity contribution in [3.8, 4) is 0 Å². The van der Waals surface area contributed by atoms with E-state index in [1.165, 1.54) is 0 Å². The molecule has 1 atom stereocenters. The van der Waals surface area contributed by atoms with Crippen LogP contribution >= 0.6 is 0 Å². The molecule has 1 rings (SSSR count). The van der Waals surface area contributed by atoms with Gasteiger partial charge in [0.25, 0.3) is 0 Å². The van der Waals surface area contributed by atoms with Crippen LogP contribution in [0.4, 0.5) is 4.79 Å². The first-order valence-electron chi connectivity index (χ1n) is 2.06. The minimum atomic E-state index is -1.08. The van der Waals surface area contributed by atoms with Gasteiger partial charge < -0.3 is 5.11 Å². The van der Waals surface area contributed by atoms with E-state index in [-0.39, 0.29) is 0 Å². The molecule has 0 saturated heterocycles. The largest absolute Gasteiger partial charge is 0.355 e. The molecule has 0 fully saturated rings. The van der Waals surface area contributed by atoms with E-state index in [1.54, 1.807) is 0 Å². The molecule has 1 unspecified atom stereocenters. The van der Waals surface area contributed by atoms with Crippen LogP contribution in [0.5, 0.6) is 0 Å². The van der Waals surface area contributed by atoms with Gasteiger partial charge in [-0.05, 0) is 0 Å². The van der Waals surface area contributed by atoms with Gasteiger partial charge in [-0.3, -0.25) is 10.6 Å². The molecule has 8 heavy (non-hydrogen) atoms. The van der Waals surface area contributed by atoms with Crippen molar-refractivity contribution in [2.45, 2.75) is 6.35 Å². The van der Waals surface area contributed by atoms with Gasteiger partial charge in [0.15, 0.2) is 0 Å². The average Bonchev–Trinajstić information content (AvgIpc) is 1.64. The molecule has 0 aromatic carbocycles. The SMILES string of the molecule is O=C1NC=NC(O)N1. The molecule has 0 aromatic rings. The van der Waals surface area contributed by atoms with E-state index >= 15 is 0 Å². The lowest BCUT2D eigenvalue weighted by Gasteiger charge is -2.11. The number of aliphatic hydroxyl groups excluding tert-OH is 1. The Morgan fingerprint density at radius 1 is 1.88 bits per heavy atom. The van der Waals surface area contributed by atoms with Gasteiger partial charge in [0.2, 0.25) is 6.35 Å². The highest BCUT2D eigenvalue weighted by Crippen LogP contribution is 1.80. The third-order valence-electron chi connectivity index (χ3n) is 0.672. The molecule has 0 aromatic heterocycles. The molecular weight excluding hydrogens is 110 g/mol. The van der Waals surface area contributed by atoms with Crippen molar-refractivity contribution < 1.29 is 9.90 Å². The zero-order valence-corrected chi connectivity index (χ0v) is 3.96. The highest BCUT2D eigenvalue weighted by Gasteiger charge is 2.07. The second kappa shape index (κ2) is 1.79. The Bertz CT molecular complexity index is 132. The van der Waals surface area contributed by atoms with E-state index in [0.717, 1.165) is 6.34 Å². The zero-order valence-electron chi connectivity index (χ0n) is 3.96.